The number of unbranched alkanes of at least 4 members (excludes halogenated alkanes) is 15. The molecule has 6 heteroatoms. The Kier molecular flexibility index (Phi) is 21.6. The Labute approximate surface area is 378 Å². The van der Waals surface area contributed by atoms with Gasteiger partial charge in [0.2, 0.25) is 0 Å². The van der Waals surface area contributed by atoms with E-state index < -0.39 is 0 Å². The lowest BCUT2D eigenvalue weighted by atomic mass is 10.0. The van der Waals surface area contributed by atoms with Crippen molar-refractivity contribution in [3.63, 3.8) is 0 Å². The summed E-state index contributed by atoms with van der Waals surface area (Å²) in [4.78, 5) is 7.61. The van der Waals surface area contributed by atoms with Gasteiger partial charge in [-0.3, -0.25) is 0 Å². The molecule has 2 nitrogen and oxygen atoms in total. The van der Waals surface area contributed by atoms with Crippen LogP contribution < -0.4 is 9.47 Å². The summed E-state index contributed by atoms with van der Waals surface area (Å²) in [6.07, 6.45) is 33.3. The summed E-state index contributed by atoms with van der Waals surface area (Å²) in [5.41, 5.74) is 4.90. The van der Waals surface area contributed by atoms with Crippen LogP contribution in [0.5, 0.6) is 11.5 Å². The van der Waals surface area contributed by atoms with Crippen LogP contribution in [-0.2, 0) is 12.8 Å². The smallest absolute Gasteiger partial charge is 0.149 e. The molecule has 0 bridgehead atoms. The van der Waals surface area contributed by atoms with Gasteiger partial charge in [-0.25, -0.2) is 0 Å². The molecule has 0 aliphatic rings. The molecule has 314 valence electrons. The van der Waals surface area contributed by atoms with Crippen molar-refractivity contribution in [2.24, 2.45) is 0 Å². The fraction of sp³-hybridized carbons (Fsp3) is 0.444. The van der Waals surface area contributed by atoms with Crippen molar-refractivity contribution >= 4 is 45.3 Å². The first-order chi connectivity index (χ1) is 29.7. The topological polar surface area (TPSA) is 18.5 Å². The highest BCUT2D eigenvalue weighted by Gasteiger charge is 2.20. The molecule has 4 aromatic heterocycles. The zero-order valence-electron chi connectivity index (χ0n) is 36.1. The van der Waals surface area contributed by atoms with E-state index in [1.807, 2.05) is 34.0 Å². The minimum absolute atomic E-state index is 0.672. The van der Waals surface area contributed by atoms with E-state index in [4.69, 9.17) is 15.9 Å². The van der Waals surface area contributed by atoms with Crippen molar-refractivity contribution in [1.29, 1.82) is 0 Å². The van der Waals surface area contributed by atoms with Gasteiger partial charge >= 0.3 is 0 Å². The molecule has 0 spiro atoms. The van der Waals surface area contributed by atoms with Gasteiger partial charge in [-0.05, 0) is 120 Å². The molecule has 0 aliphatic heterocycles. The van der Waals surface area contributed by atoms with E-state index in [-0.39, 0.29) is 0 Å². The molecule has 0 fully saturated rings. The third-order valence-electron chi connectivity index (χ3n) is 10.7. The van der Waals surface area contributed by atoms with Crippen LogP contribution in [0.25, 0.3) is 40.4 Å². The summed E-state index contributed by atoms with van der Waals surface area (Å²) in [5.74, 6) is 17.2. The molecule has 5 rings (SSSR count). The fourth-order valence-electron chi connectivity index (χ4n) is 7.35. The summed E-state index contributed by atoms with van der Waals surface area (Å²) < 4.78 is 13.1. The Morgan fingerprint density at radius 2 is 0.933 bits per heavy atom. The molecule has 1 aromatic carbocycles. The van der Waals surface area contributed by atoms with Crippen molar-refractivity contribution < 1.29 is 9.47 Å². The van der Waals surface area contributed by atoms with Gasteiger partial charge in [0.15, 0.2) is 0 Å². The van der Waals surface area contributed by atoms with E-state index in [0.29, 0.717) is 12.4 Å². The van der Waals surface area contributed by atoms with Gasteiger partial charge in [-0.2, -0.15) is 0 Å². The molecular formula is C54H62O2S4. The Morgan fingerprint density at radius 1 is 0.483 bits per heavy atom. The predicted octanol–water partition coefficient (Wildman–Crippen LogP) is 17.1. The zero-order valence-corrected chi connectivity index (χ0v) is 39.4. The molecule has 0 saturated heterocycles. The van der Waals surface area contributed by atoms with Crippen LogP contribution in [0, 0.1) is 48.1 Å². The second-order valence-corrected chi connectivity index (χ2v) is 19.3. The third-order valence-corrected chi connectivity index (χ3v) is 15.2. The van der Waals surface area contributed by atoms with Crippen LogP contribution in [0.2, 0.25) is 0 Å². The van der Waals surface area contributed by atoms with Crippen molar-refractivity contribution in [2.75, 3.05) is 6.61 Å². The molecule has 0 amide bonds. The quantitative estimate of drug-likeness (QED) is 0.0387. The van der Waals surface area contributed by atoms with Gasteiger partial charge in [0.05, 0.1) is 6.61 Å². The van der Waals surface area contributed by atoms with Crippen LogP contribution in [-0.4, -0.2) is 6.61 Å². The van der Waals surface area contributed by atoms with E-state index in [1.54, 1.807) is 11.3 Å². The molecule has 0 saturated carbocycles. The first kappa shape index (κ1) is 46.9. The molecular weight excluding hydrogens is 809 g/mol. The largest absolute Gasteiger partial charge is 0.493 e. The van der Waals surface area contributed by atoms with Crippen LogP contribution in [0.4, 0.5) is 0 Å². The SMILES string of the molecule is C#CC#CC#CC#COc1cc(-c2ccc(-c3sccc3CCCCCCCC)s2)c(OCCCCCCCC)cc1-c1ccc(-c2sccc2CCCCCCCC)s1. The van der Waals surface area contributed by atoms with E-state index >= 15 is 0 Å². The number of rotatable bonds is 27. The maximum atomic E-state index is 6.76. The first-order valence-electron chi connectivity index (χ1n) is 22.4. The van der Waals surface area contributed by atoms with Gasteiger partial charge in [0.1, 0.15) is 17.6 Å². The molecule has 0 atom stereocenters. The van der Waals surface area contributed by atoms with Gasteiger partial charge in [0.25, 0.3) is 0 Å². The van der Waals surface area contributed by atoms with Crippen LogP contribution >= 0.6 is 45.3 Å². The predicted molar refractivity (Wildman–Crippen MR) is 266 cm³/mol. The Hall–Kier alpha value is -4.14. The molecule has 0 unspecified atom stereocenters. The maximum absolute atomic E-state index is 6.76. The number of aryl methyl sites for hydroxylation is 2. The highest BCUT2D eigenvalue weighted by molar-refractivity contribution is 7.24. The summed E-state index contributed by atoms with van der Waals surface area (Å²) in [7, 11) is 0. The lowest BCUT2D eigenvalue weighted by Gasteiger charge is -2.15. The lowest BCUT2D eigenvalue weighted by Crippen LogP contribution is -2.00. The van der Waals surface area contributed by atoms with Crippen LogP contribution in [0.1, 0.15) is 147 Å². The summed E-state index contributed by atoms with van der Waals surface area (Å²) >= 11 is 7.33. The third kappa shape index (κ3) is 15.1. The zero-order chi connectivity index (χ0) is 42.0. The molecule has 0 aliphatic carbocycles. The summed E-state index contributed by atoms with van der Waals surface area (Å²) in [6.45, 7) is 7.50. The standard InChI is InChI=1S/C54H62O2S4/c1-5-9-13-17-21-25-29-43-35-39-57-53(43)51-33-31-49(59-51)45-41-48(56-38-28-24-20-16-12-8-4)46(42-47(45)55-37-27-23-19-15-11-7-3)50-32-34-52(60-50)54-44(36-40-58-54)30-26-22-18-14-10-6-2/h3,31-36,39-42H,5-6,8-10,12-14,16-18,20-22,24-26,28-30,38H2,1-2,4H3. The Morgan fingerprint density at radius 3 is 1.48 bits per heavy atom. The number of thiophene rings is 4. The van der Waals surface area contributed by atoms with E-state index in [2.05, 4.69) is 122 Å². The van der Waals surface area contributed by atoms with Crippen molar-refractivity contribution in [3.8, 4) is 99.9 Å². The van der Waals surface area contributed by atoms with Crippen molar-refractivity contribution in [3.05, 3.63) is 70.4 Å². The van der Waals surface area contributed by atoms with Gasteiger partial charge in [-0.15, -0.1) is 51.8 Å². The molecule has 0 N–H and O–H groups in total. The molecule has 60 heavy (non-hydrogen) atoms. The van der Waals surface area contributed by atoms with E-state index in [1.165, 1.54) is 140 Å². The lowest BCUT2D eigenvalue weighted by molar-refractivity contribution is 0.305. The summed E-state index contributed by atoms with van der Waals surface area (Å²) in [5, 5.41) is 4.49. The number of hydrogen-bond acceptors (Lipinski definition) is 6. The first-order valence-corrected chi connectivity index (χ1v) is 25.8. The highest BCUT2D eigenvalue weighted by atomic mass is 32.1. The molecule has 4 heterocycles. The monoisotopic (exact) mass is 870 g/mol. The van der Waals surface area contributed by atoms with E-state index in [0.717, 1.165) is 45.9 Å². The maximum Gasteiger partial charge on any atom is 0.149 e. The summed E-state index contributed by atoms with van der Waals surface area (Å²) in [6, 6.07) is 18.0. The minimum Gasteiger partial charge on any atom is -0.493 e. The number of terminal acetylenes is 1. The fourth-order valence-corrected chi connectivity index (χ4v) is 11.6. The average molecular weight is 871 g/mol. The molecule has 0 radical (unpaired) electrons. The van der Waals surface area contributed by atoms with Gasteiger partial charge in [0, 0.05) is 58.2 Å². The number of benzene rings is 1. The normalized spacial score (nSPS) is 10.6. The average Bonchev–Trinajstić information content (AvgIpc) is 4.11. The van der Waals surface area contributed by atoms with Crippen LogP contribution in [0.3, 0.4) is 0 Å². The van der Waals surface area contributed by atoms with Gasteiger partial charge in [-0.1, -0.05) is 117 Å². The van der Waals surface area contributed by atoms with Gasteiger partial charge < -0.3 is 9.47 Å². The van der Waals surface area contributed by atoms with Crippen LogP contribution in [0.15, 0.2) is 59.3 Å². The number of ether oxygens (including phenoxy) is 2. The Balaban J connectivity index is 1.47. The number of hydrogen-bond donors (Lipinski definition) is 0. The minimum atomic E-state index is 0.672. The van der Waals surface area contributed by atoms with E-state index in [9.17, 15) is 0 Å². The van der Waals surface area contributed by atoms with Crippen molar-refractivity contribution in [1.82, 2.24) is 0 Å². The Bertz CT molecular complexity index is 2250. The highest BCUT2D eigenvalue weighted by Crippen LogP contribution is 2.48. The second-order valence-electron chi connectivity index (χ2n) is 15.3. The van der Waals surface area contributed by atoms with Crippen molar-refractivity contribution in [2.45, 2.75) is 149 Å². The second kappa shape index (κ2) is 27.7. The molecule has 5 aromatic rings.